The minimum Gasteiger partial charge on any atom is -0.486 e. The number of aliphatic imine (C=N–C) groups is 1. The lowest BCUT2D eigenvalue weighted by Crippen LogP contribution is -2.50. The Bertz CT molecular complexity index is 3430. The molecule has 2 bridgehead atoms. The Morgan fingerprint density at radius 1 is 1.04 bits per heavy atom. The Hall–Kier alpha value is -8.08. The van der Waals surface area contributed by atoms with Gasteiger partial charge < -0.3 is 56.7 Å². The fraction of sp³-hybridized carbons (Fsp3) is 0.400. The summed E-state index contributed by atoms with van der Waals surface area (Å²) in [5, 5.41) is 29.2. The number of nitrogens with one attached hydrogen (secondary N) is 3. The van der Waals surface area contributed by atoms with E-state index in [2.05, 4.69) is 25.7 Å². The number of amides is 2. The Kier molecular flexibility index (Phi) is 16.9. The van der Waals surface area contributed by atoms with Crippen molar-refractivity contribution in [3.05, 3.63) is 124 Å². The van der Waals surface area contributed by atoms with E-state index in [1.54, 1.807) is 36.7 Å². The lowest BCUT2D eigenvalue weighted by atomic mass is 9.88. The molecule has 82 heavy (non-hydrogen) atoms. The van der Waals surface area contributed by atoms with Crippen molar-refractivity contribution in [1.82, 2.24) is 30.5 Å². The fourth-order valence-corrected chi connectivity index (χ4v) is 11.5. The molecule has 2 amide bonds. The summed E-state index contributed by atoms with van der Waals surface area (Å²) in [5.74, 6) is 3.89. The smallest absolute Gasteiger partial charge is 0.417 e. The van der Waals surface area contributed by atoms with E-state index in [-0.39, 0.29) is 99.8 Å². The summed E-state index contributed by atoms with van der Waals surface area (Å²) in [5.41, 5.74) is 8.52. The maximum atomic E-state index is 15.9. The minimum absolute atomic E-state index is 0.0165. The molecular formula is C60H66F4N12O6. The molecule has 5 atom stereocenters. The normalized spacial score (nSPS) is 19.3. The van der Waals surface area contributed by atoms with Gasteiger partial charge in [0.05, 0.1) is 37.6 Å². The van der Waals surface area contributed by atoms with Gasteiger partial charge in [-0.1, -0.05) is 62.4 Å². The molecule has 0 aliphatic carbocycles. The number of rotatable bonds is 18. The maximum absolute atomic E-state index is 15.9. The number of piperazine rings is 1. The van der Waals surface area contributed by atoms with Gasteiger partial charge in [-0.3, -0.25) is 19.6 Å². The summed E-state index contributed by atoms with van der Waals surface area (Å²) in [7, 11) is 0. The standard InChI is InChI=1S/C60H66F4N12O6/c1-32(2)53(58(79)75-19-5-6-50(75)57(78)71-49(30-77)38-13-11-36(12-14-38)44-27-68-18-15-33(44)3)70-28-48(74-67)37-9-7-35(8-10-37)31-81-55-52(51-34(4)46(61)24-47(66)43(51)25-65)45(60(62,63)64)23-42-54(55)72-59(82-41-16-20-80-21-17-41)73-56(42)76-29-39-22-40(76)26-69-39/h7-15,18,23-25,27-28,32,39-41,49-50,53,65,69,77H,5-6,16-17,19-22,26,29-31,66-67H2,1-4H3,(H,71,78)/b65-25?,70-28?,74-48+/t39-,40-,49-,50-,53-/m0/s1. The predicted octanol–water partition coefficient (Wildman–Crippen LogP) is 8.00. The monoisotopic (exact) mass is 1130 g/mol. The number of pyridine rings is 1. The number of likely N-dealkylation sites (tertiary alicyclic amines) is 1. The average molecular weight is 1130 g/mol. The van der Waals surface area contributed by atoms with Crippen molar-refractivity contribution < 1.29 is 46.5 Å². The summed E-state index contributed by atoms with van der Waals surface area (Å²) in [6.45, 7) is 8.59. The molecule has 4 fully saturated rings. The third-order valence-electron chi connectivity index (χ3n) is 16.0. The molecule has 430 valence electrons. The second-order valence-electron chi connectivity index (χ2n) is 21.6. The number of hydrazone groups is 1. The highest BCUT2D eigenvalue weighted by molar-refractivity contribution is 6.38. The molecular weight excluding hydrogens is 1060 g/mol. The number of nitrogen functional groups attached to an aromatic ring is 1. The Balaban J connectivity index is 0.925. The molecule has 22 heteroatoms. The van der Waals surface area contributed by atoms with Crippen LogP contribution in [-0.2, 0) is 27.1 Å². The van der Waals surface area contributed by atoms with Crippen molar-refractivity contribution in [3.8, 4) is 34.0 Å². The molecule has 2 aromatic heterocycles. The Morgan fingerprint density at radius 3 is 2.44 bits per heavy atom. The number of aliphatic hydroxyl groups is 1. The van der Waals surface area contributed by atoms with E-state index >= 15 is 17.6 Å². The first kappa shape index (κ1) is 57.2. The Morgan fingerprint density at radius 2 is 1.79 bits per heavy atom. The predicted molar refractivity (Wildman–Crippen MR) is 305 cm³/mol. The van der Waals surface area contributed by atoms with Crippen molar-refractivity contribution in [3.63, 3.8) is 0 Å². The van der Waals surface area contributed by atoms with Gasteiger partial charge in [-0.15, -0.1) is 0 Å². The van der Waals surface area contributed by atoms with Crippen molar-refractivity contribution in [2.75, 3.05) is 50.1 Å². The quantitative estimate of drug-likeness (QED) is 0.0157. The highest BCUT2D eigenvalue weighted by atomic mass is 19.4. The number of alkyl halides is 3. The SMILES string of the molecule is Cc1ccncc1-c1ccc([C@H](CO)NC(=O)[C@@H]2CCCN2C(=O)[C@@H](N=C/C(=N\N)c2ccc(COc3c(-c4c(C)c(F)cc(N)c4C=N)c(C(F)(F)F)cc4c(N5C[C@@H]6C[C@H]5CN6)nc(OC5CCOCC5)nc34)cc2)C(C)C)cc1. The van der Waals surface area contributed by atoms with E-state index in [4.69, 9.17) is 41.2 Å². The highest BCUT2D eigenvalue weighted by Gasteiger charge is 2.43. The minimum atomic E-state index is -5.04. The van der Waals surface area contributed by atoms with Crippen molar-refractivity contribution in [2.24, 2.45) is 21.9 Å². The molecule has 6 aromatic rings. The molecule has 0 spiro atoms. The van der Waals surface area contributed by atoms with Crippen LogP contribution in [0.1, 0.15) is 90.9 Å². The number of aromatic nitrogens is 3. The first-order valence-electron chi connectivity index (χ1n) is 27.5. The van der Waals surface area contributed by atoms with Crippen LogP contribution in [0.15, 0.2) is 89.2 Å². The lowest BCUT2D eigenvalue weighted by Gasteiger charge is -2.31. The molecule has 8 N–H and O–H groups in total. The summed E-state index contributed by atoms with van der Waals surface area (Å²) in [6.07, 6.45) is 3.16. The number of benzene rings is 4. The number of ether oxygens (including phenoxy) is 3. The number of carbonyl (C=O) groups is 2. The molecule has 6 heterocycles. The second kappa shape index (κ2) is 24.2. The van der Waals surface area contributed by atoms with Crippen LogP contribution >= 0.6 is 0 Å². The highest BCUT2D eigenvalue weighted by Crippen LogP contribution is 2.51. The van der Waals surface area contributed by atoms with Gasteiger partial charge in [-0.25, -0.2) is 4.39 Å². The first-order chi connectivity index (χ1) is 39.5. The number of fused-ring (bicyclic) bond motifs is 3. The molecule has 4 saturated heterocycles. The zero-order valence-electron chi connectivity index (χ0n) is 46.0. The molecule has 0 unspecified atom stereocenters. The van der Waals surface area contributed by atoms with Gasteiger partial charge in [0.25, 0.3) is 0 Å². The number of nitrogens with two attached hydrogens (primary N) is 2. The van der Waals surface area contributed by atoms with Crippen LogP contribution in [0, 0.1) is 31.0 Å². The van der Waals surface area contributed by atoms with Crippen LogP contribution in [-0.4, -0.2) is 125 Å². The number of nitrogens with zero attached hydrogens (tertiary/aromatic N) is 7. The van der Waals surface area contributed by atoms with Gasteiger partial charge in [0.1, 0.15) is 47.7 Å². The van der Waals surface area contributed by atoms with Crippen LogP contribution in [0.3, 0.4) is 0 Å². The number of aryl methyl sites for hydroxylation is 1. The zero-order chi connectivity index (χ0) is 58.0. The summed E-state index contributed by atoms with van der Waals surface area (Å²) in [4.78, 5) is 50.3. The zero-order valence-corrected chi connectivity index (χ0v) is 46.0. The number of halogens is 4. The lowest BCUT2D eigenvalue weighted by molar-refractivity contribution is -0.140. The summed E-state index contributed by atoms with van der Waals surface area (Å²) >= 11 is 0. The third-order valence-corrected chi connectivity index (χ3v) is 16.0. The number of anilines is 2. The second-order valence-corrected chi connectivity index (χ2v) is 21.6. The van der Waals surface area contributed by atoms with Crippen molar-refractivity contribution >= 4 is 52.4 Å². The number of hydrogen-bond donors (Lipinski definition) is 6. The Labute approximate surface area is 471 Å². The van der Waals surface area contributed by atoms with Crippen LogP contribution in [0.4, 0.5) is 29.1 Å². The van der Waals surface area contributed by atoms with Crippen molar-refractivity contribution in [1.29, 1.82) is 5.41 Å². The van der Waals surface area contributed by atoms with Gasteiger partial charge in [0.2, 0.25) is 11.8 Å². The van der Waals surface area contributed by atoms with Crippen LogP contribution in [0.25, 0.3) is 33.2 Å². The van der Waals surface area contributed by atoms with Crippen molar-refractivity contribution in [2.45, 2.75) is 109 Å². The average Bonchev–Trinajstić information content (AvgIpc) is 2.76. The van der Waals surface area contributed by atoms with Gasteiger partial charge in [0.15, 0.2) is 5.75 Å². The maximum Gasteiger partial charge on any atom is 0.417 e. The van der Waals surface area contributed by atoms with E-state index in [9.17, 15) is 14.7 Å². The van der Waals surface area contributed by atoms with E-state index < -0.39 is 47.2 Å². The van der Waals surface area contributed by atoms with E-state index in [1.165, 1.54) is 18.0 Å². The molecule has 4 aliphatic heterocycles. The molecule has 0 radical (unpaired) electrons. The molecule has 4 aromatic carbocycles. The van der Waals surface area contributed by atoms with Gasteiger partial charge in [-0.2, -0.15) is 28.2 Å². The van der Waals surface area contributed by atoms with Crippen LogP contribution in [0.5, 0.6) is 11.8 Å². The number of carbonyl (C=O) groups excluding carboxylic acids is 2. The van der Waals surface area contributed by atoms with Crippen LogP contribution < -0.4 is 36.6 Å². The molecule has 4 aliphatic rings. The van der Waals surface area contributed by atoms with E-state index in [0.717, 1.165) is 41.5 Å². The van der Waals surface area contributed by atoms with E-state index in [1.807, 2.05) is 56.0 Å². The number of aliphatic hydroxyl groups excluding tert-OH is 1. The largest absolute Gasteiger partial charge is 0.486 e. The third kappa shape index (κ3) is 11.7. The van der Waals surface area contributed by atoms with E-state index in [0.29, 0.717) is 75.2 Å². The summed E-state index contributed by atoms with van der Waals surface area (Å²) < 4.78 is 81.9. The first-order valence-corrected chi connectivity index (χ1v) is 27.5. The number of hydrogen-bond acceptors (Lipinski definition) is 16. The summed E-state index contributed by atoms with van der Waals surface area (Å²) in [6, 6.07) is 15.6. The van der Waals surface area contributed by atoms with Crippen LogP contribution in [0.2, 0.25) is 0 Å². The molecule has 10 rings (SSSR count). The molecule has 0 saturated carbocycles. The topological polar surface area (TPSA) is 252 Å². The van der Waals surface area contributed by atoms with Gasteiger partial charge in [0, 0.05) is 102 Å². The van der Waals surface area contributed by atoms with Gasteiger partial charge in [-0.05, 0) is 85.0 Å². The molecule has 18 nitrogen and oxygen atoms in total. The fourth-order valence-electron chi connectivity index (χ4n) is 11.5. The van der Waals surface area contributed by atoms with Gasteiger partial charge >= 0.3 is 12.2 Å².